The lowest BCUT2D eigenvalue weighted by atomic mass is 9.87. The van der Waals surface area contributed by atoms with Crippen molar-refractivity contribution in [1.29, 1.82) is 0 Å². The number of urea groups is 1. The summed E-state index contributed by atoms with van der Waals surface area (Å²) in [7, 11) is 1.92. The average Bonchev–Trinajstić information content (AvgIpc) is 3.00. The number of aromatic nitrogens is 2. The molecule has 2 aromatic rings. The van der Waals surface area contributed by atoms with Crippen molar-refractivity contribution in [3.8, 4) is 11.4 Å². The first-order chi connectivity index (χ1) is 12.0. The molecule has 0 spiro atoms. The van der Waals surface area contributed by atoms with Crippen molar-refractivity contribution in [2.75, 3.05) is 18.4 Å². The number of carbonyl (C=O) groups is 2. The number of likely N-dealkylation sites (tertiary alicyclic amines) is 1. The van der Waals surface area contributed by atoms with Gasteiger partial charge in [-0.15, -0.1) is 0 Å². The van der Waals surface area contributed by atoms with Crippen LogP contribution in [0.4, 0.5) is 10.5 Å². The van der Waals surface area contributed by atoms with Gasteiger partial charge in [0.1, 0.15) is 5.82 Å². The van der Waals surface area contributed by atoms with Gasteiger partial charge in [0.25, 0.3) is 0 Å². The molecule has 1 aliphatic heterocycles. The number of carboxylic acid groups (broad SMARTS) is 1. The zero-order valence-corrected chi connectivity index (χ0v) is 14.3. The van der Waals surface area contributed by atoms with E-state index in [1.54, 1.807) is 11.1 Å². The Morgan fingerprint density at radius 1 is 1.36 bits per heavy atom. The first-order valence-electron chi connectivity index (χ1n) is 8.32. The molecule has 2 unspecified atom stereocenters. The van der Waals surface area contributed by atoms with E-state index < -0.39 is 5.97 Å². The quantitative estimate of drug-likeness (QED) is 0.898. The lowest BCUT2D eigenvalue weighted by Gasteiger charge is -2.34. The summed E-state index contributed by atoms with van der Waals surface area (Å²) < 4.78 is 1.92. The van der Waals surface area contributed by atoms with Gasteiger partial charge in [0, 0.05) is 43.8 Å². The van der Waals surface area contributed by atoms with Crippen molar-refractivity contribution >= 4 is 17.7 Å². The molecule has 2 heterocycles. The summed E-state index contributed by atoms with van der Waals surface area (Å²) in [6, 6.07) is 7.33. The predicted octanol–water partition coefficient (Wildman–Crippen LogP) is 2.66. The maximum absolute atomic E-state index is 12.5. The molecule has 7 heteroatoms. The van der Waals surface area contributed by atoms with Crippen molar-refractivity contribution in [2.45, 2.75) is 13.3 Å². The SMILES string of the molecule is CC1CN(C(=O)Nc2cccc(-c3nccn3C)c2)CCC1C(=O)O. The maximum atomic E-state index is 12.5. The first kappa shape index (κ1) is 17.0. The summed E-state index contributed by atoms with van der Waals surface area (Å²) in [5, 5.41) is 12.1. The second kappa shape index (κ2) is 6.96. The Balaban J connectivity index is 1.68. The normalized spacial score (nSPS) is 20.3. The Kier molecular flexibility index (Phi) is 4.74. The molecular weight excluding hydrogens is 320 g/mol. The smallest absolute Gasteiger partial charge is 0.321 e. The van der Waals surface area contributed by atoms with E-state index in [1.165, 1.54) is 0 Å². The number of anilines is 1. The molecule has 2 N–H and O–H groups in total. The van der Waals surface area contributed by atoms with Gasteiger partial charge in [-0.25, -0.2) is 9.78 Å². The van der Waals surface area contributed by atoms with Crippen LogP contribution < -0.4 is 5.32 Å². The van der Waals surface area contributed by atoms with E-state index in [4.69, 9.17) is 0 Å². The van der Waals surface area contributed by atoms with Gasteiger partial charge in [-0.1, -0.05) is 19.1 Å². The topological polar surface area (TPSA) is 87.5 Å². The number of nitrogens with zero attached hydrogens (tertiary/aromatic N) is 3. The molecule has 132 valence electrons. The molecule has 1 aromatic carbocycles. The molecule has 25 heavy (non-hydrogen) atoms. The fourth-order valence-corrected chi connectivity index (χ4v) is 3.28. The molecule has 2 amide bonds. The minimum absolute atomic E-state index is 0.0593. The first-order valence-corrected chi connectivity index (χ1v) is 8.32. The Morgan fingerprint density at radius 2 is 2.16 bits per heavy atom. The van der Waals surface area contributed by atoms with Gasteiger partial charge in [0.05, 0.1) is 5.92 Å². The van der Waals surface area contributed by atoms with E-state index >= 15 is 0 Å². The Hall–Kier alpha value is -2.83. The largest absolute Gasteiger partial charge is 0.481 e. The van der Waals surface area contributed by atoms with Gasteiger partial charge in [0.2, 0.25) is 0 Å². The maximum Gasteiger partial charge on any atom is 0.321 e. The van der Waals surface area contributed by atoms with Gasteiger partial charge in [-0.2, -0.15) is 0 Å². The molecule has 0 bridgehead atoms. The summed E-state index contributed by atoms with van der Waals surface area (Å²) in [5.74, 6) is -0.394. The number of carbonyl (C=O) groups excluding carboxylic acids is 1. The van der Waals surface area contributed by atoms with E-state index in [2.05, 4.69) is 10.3 Å². The molecule has 0 radical (unpaired) electrons. The molecule has 1 fully saturated rings. The number of nitrogens with one attached hydrogen (secondary N) is 1. The van der Waals surface area contributed by atoms with E-state index in [-0.39, 0.29) is 17.9 Å². The number of hydrogen-bond donors (Lipinski definition) is 2. The number of amides is 2. The number of hydrogen-bond acceptors (Lipinski definition) is 3. The van der Waals surface area contributed by atoms with Crippen LogP contribution in [-0.2, 0) is 11.8 Å². The summed E-state index contributed by atoms with van der Waals surface area (Å²) in [6.45, 7) is 2.77. The molecule has 0 aliphatic carbocycles. The zero-order valence-electron chi connectivity index (χ0n) is 14.3. The summed E-state index contributed by atoms with van der Waals surface area (Å²) >= 11 is 0. The molecule has 3 rings (SSSR count). The van der Waals surface area contributed by atoms with Crippen LogP contribution >= 0.6 is 0 Å². The third kappa shape index (κ3) is 3.65. The van der Waals surface area contributed by atoms with Crippen molar-refractivity contribution in [3.63, 3.8) is 0 Å². The van der Waals surface area contributed by atoms with E-state index in [1.807, 2.05) is 49.0 Å². The molecule has 1 aromatic heterocycles. The Morgan fingerprint density at radius 3 is 2.80 bits per heavy atom. The summed E-state index contributed by atoms with van der Waals surface area (Å²) in [6.07, 6.45) is 4.08. The van der Waals surface area contributed by atoms with E-state index in [0.29, 0.717) is 25.2 Å². The number of aryl methyl sites for hydroxylation is 1. The molecule has 1 aliphatic rings. The third-order valence-corrected chi connectivity index (χ3v) is 4.70. The minimum atomic E-state index is -0.782. The van der Waals surface area contributed by atoms with Crippen molar-refractivity contribution in [2.24, 2.45) is 18.9 Å². The second-order valence-electron chi connectivity index (χ2n) is 6.53. The number of imidazole rings is 1. The van der Waals surface area contributed by atoms with Crippen molar-refractivity contribution in [1.82, 2.24) is 14.5 Å². The fourth-order valence-electron chi connectivity index (χ4n) is 3.28. The Bertz CT molecular complexity index is 786. The predicted molar refractivity (Wildman–Crippen MR) is 94.1 cm³/mol. The third-order valence-electron chi connectivity index (χ3n) is 4.70. The summed E-state index contributed by atoms with van der Waals surface area (Å²) in [5.41, 5.74) is 1.61. The standard InChI is InChI=1S/C18H22N4O3/c1-12-11-22(8-6-15(12)17(23)24)18(25)20-14-5-3-4-13(10-14)16-19-7-9-21(16)2/h3-5,7,9-10,12,15H,6,8,11H2,1-2H3,(H,20,25)(H,23,24). The van der Waals surface area contributed by atoms with Crippen LogP contribution in [0.15, 0.2) is 36.7 Å². The van der Waals surface area contributed by atoms with Gasteiger partial charge in [-0.3, -0.25) is 4.79 Å². The molecule has 7 nitrogen and oxygen atoms in total. The van der Waals surface area contributed by atoms with E-state index in [9.17, 15) is 14.7 Å². The average molecular weight is 342 g/mol. The second-order valence-corrected chi connectivity index (χ2v) is 6.53. The summed E-state index contributed by atoms with van der Waals surface area (Å²) in [4.78, 5) is 29.7. The lowest BCUT2D eigenvalue weighted by Crippen LogP contribution is -2.46. The number of piperidine rings is 1. The highest BCUT2D eigenvalue weighted by atomic mass is 16.4. The van der Waals surface area contributed by atoms with Crippen LogP contribution in [0.2, 0.25) is 0 Å². The van der Waals surface area contributed by atoms with Crippen molar-refractivity contribution in [3.05, 3.63) is 36.7 Å². The van der Waals surface area contributed by atoms with Crippen LogP contribution in [0.25, 0.3) is 11.4 Å². The number of carboxylic acids is 1. The van der Waals surface area contributed by atoms with Gasteiger partial charge >= 0.3 is 12.0 Å². The van der Waals surface area contributed by atoms with Crippen LogP contribution in [0.5, 0.6) is 0 Å². The van der Waals surface area contributed by atoms with E-state index in [0.717, 1.165) is 11.4 Å². The monoisotopic (exact) mass is 342 g/mol. The van der Waals surface area contributed by atoms with Crippen molar-refractivity contribution < 1.29 is 14.7 Å². The Labute approximate surface area is 146 Å². The minimum Gasteiger partial charge on any atom is -0.481 e. The lowest BCUT2D eigenvalue weighted by molar-refractivity contribution is -0.145. The van der Waals surface area contributed by atoms with Gasteiger partial charge < -0.3 is 19.9 Å². The zero-order chi connectivity index (χ0) is 18.0. The highest BCUT2D eigenvalue weighted by molar-refractivity contribution is 5.90. The van der Waals surface area contributed by atoms with Gasteiger partial charge in [-0.05, 0) is 24.5 Å². The molecule has 0 saturated carbocycles. The van der Waals surface area contributed by atoms with Crippen LogP contribution in [0.3, 0.4) is 0 Å². The molecule has 1 saturated heterocycles. The molecular formula is C18H22N4O3. The fraction of sp³-hybridized carbons (Fsp3) is 0.389. The molecule has 2 atom stereocenters. The van der Waals surface area contributed by atoms with Crippen LogP contribution in [0, 0.1) is 11.8 Å². The number of rotatable bonds is 3. The van der Waals surface area contributed by atoms with Gasteiger partial charge in [0.15, 0.2) is 0 Å². The number of benzene rings is 1. The highest BCUT2D eigenvalue weighted by Crippen LogP contribution is 2.25. The van der Waals surface area contributed by atoms with Crippen LogP contribution in [-0.4, -0.2) is 44.6 Å². The number of aliphatic carboxylic acids is 1. The highest BCUT2D eigenvalue weighted by Gasteiger charge is 2.33. The van der Waals surface area contributed by atoms with Crippen LogP contribution in [0.1, 0.15) is 13.3 Å².